The Morgan fingerprint density at radius 2 is 1.72 bits per heavy atom. The van der Waals surface area contributed by atoms with Gasteiger partial charge in [0.2, 0.25) is 5.78 Å². The summed E-state index contributed by atoms with van der Waals surface area (Å²) in [4.78, 5) is 43.4. The van der Waals surface area contributed by atoms with Crippen LogP contribution < -0.4 is 11.2 Å². The van der Waals surface area contributed by atoms with Crippen molar-refractivity contribution in [2.75, 3.05) is 0 Å². The highest BCUT2D eigenvalue weighted by molar-refractivity contribution is 5.96. The number of imidazole rings is 2. The molecule has 0 bridgehead atoms. The van der Waals surface area contributed by atoms with Gasteiger partial charge in [-0.2, -0.15) is 4.98 Å². The zero-order valence-corrected chi connectivity index (χ0v) is 17.0. The third-order valence-corrected chi connectivity index (χ3v) is 5.47. The maximum Gasteiger partial charge on any atom is 0.332 e. The van der Waals surface area contributed by atoms with Gasteiger partial charge in [0.25, 0.3) is 5.56 Å². The molecule has 0 atom stereocenters. The number of hydrogen-bond acceptors (Lipinski definition) is 4. The lowest BCUT2D eigenvalue weighted by Gasteiger charge is -2.08. The minimum absolute atomic E-state index is 0.290. The quantitative estimate of drug-likeness (QED) is 0.486. The largest absolute Gasteiger partial charge is 0.332 e. The number of hydrogen-bond donors (Lipinski definition) is 0. The second-order valence-electron chi connectivity index (χ2n) is 7.26. The summed E-state index contributed by atoms with van der Waals surface area (Å²) in [5, 5.41) is 0. The molecule has 0 saturated carbocycles. The number of ketones is 1. The summed E-state index contributed by atoms with van der Waals surface area (Å²) in [6.07, 6.45) is 0.919. The molecule has 0 fully saturated rings. The zero-order valence-electron chi connectivity index (χ0n) is 17.0. The van der Waals surface area contributed by atoms with Crippen molar-refractivity contribution in [2.24, 2.45) is 7.05 Å². The van der Waals surface area contributed by atoms with Gasteiger partial charge in [-0.3, -0.25) is 23.1 Å². The van der Waals surface area contributed by atoms with Crippen LogP contribution in [-0.2, 0) is 20.1 Å². The highest BCUT2D eigenvalue weighted by atomic mass is 16.2. The van der Waals surface area contributed by atoms with Gasteiger partial charge in [-0.1, -0.05) is 37.3 Å². The van der Waals surface area contributed by atoms with Crippen LogP contribution in [0.5, 0.6) is 0 Å². The van der Waals surface area contributed by atoms with Gasteiger partial charge in [-0.25, -0.2) is 4.79 Å². The first kappa shape index (κ1) is 18.9. The molecule has 0 aliphatic carbocycles. The molecular weight excluding hydrogens is 370 g/mol. The summed E-state index contributed by atoms with van der Waals surface area (Å²) in [5.74, 6) is 0.345. The maximum atomic E-state index is 13.3. The molecule has 29 heavy (non-hydrogen) atoms. The van der Waals surface area contributed by atoms with Gasteiger partial charge in [0.1, 0.15) is 0 Å². The standard InChI is InChI=1S/C21H23N5O3/c1-5-11-24-13(2)14(3)26-17-18(22-20(24)26)23(4)21(29)25(19(17)28)12-16(27)15-9-7-6-8-10-15/h6-10H,5,11-12H2,1-4H3. The Balaban J connectivity index is 1.99. The Morgan fingerprint density at radius 1 is 1.03 bits per heavy atom. The summed E-state index contributed by atoms with van der Waals surface area (Å²) < 4.78 is 6.19. The van der Waals surface area contributed by atoms with Crippen molar-refractivity contribution in [3.8, 4) is 0 Å². The Hall–Kier alpha value is -3.42. The lowest BCUT2D eigenvalue weighted by molar-refractivity contribution is 0.0969. The molecule has 0 unspecified atom stereocenters. The third kappa shape index (κ3) is 2.74. The molecule has 150 valence electrons. The molecule has 0 spiro atoms. The number of aromatic nitrogens is 5. The second kappa shape index (κ2) is 6.88. The first-order valence-electron chi connectivity index (χ1n) is 9.62. The smallest absolute Gasteiger partial charge is 0.314 e. The lowest BCUT2D eigenvalue weighted by atomic mass is 10.1. The number of carbonyl (C=O) groups excluding carboxylic acids is 1. The molecule has 0 aliphatic rings. The van der Waals surface area contributed by atoms with E-state index in [2.05, 4.69) is 16.5 Å². The third-order valence-electron chi connectivity index (χ3n) is 5.47. The van der Waals surface area contributed by atoms with Crippen LogP contribution in [0.15, 0.2) is 39.9 Å². The summed E-state index contributed by atoms with van der Waals surface area (Å²) in [5.41, 5.74) is 1.97. The predicted molar refractivity (Wildman–Crippen MR) is 111 cm³/mol. The van der Waals surface area contributed by atoms with Gasteiger partial charge in [0, 0.05) is 30.5 Å². The van der Waals surface area contributed by atoms with Gasteiger partial charge in [0.05, 0.1) is 6.54 Å². The van der Waals surface area contributed by atoms with Crippen molar-refractivity contribution < 1.29 is 4.79 Å². The highest BCUT2D eigenvalue weighted by Gasteiger charge is 2.23. The topological polar surface area (TPSA) is 83.3 Å². The molecule has 3 aromatic heterocycles. The fraction of sp³-hybridized carbons (Fsp3) is 0.333. The highest BCUT2D eigenvalue weighted by Crippen LogP contribution is 2.20. The summed E-state index contributed by atoms with van der Waals surface area (Å²) in [6, 6.07) is 8.65. The van der Waals surface area contributed by atoms with Crippen molar-refractivity contribution in [3.63, 3.8) is 0 Å². The molecule has 4 rings (SSSR count). The Kier molecular flexibility index (Phi) is 4.49. The monoisotopic (exact) mass is 393 g/mol. The molecule has 8 nitrogen and oxygen atoms in total. The predicted octanol–water partition coefficient (Wildman–Crippen LogP) is 2.06. The number of aryl methyl sites for hydroxylation is 3. The average molecular weight is 393 g/mol. The molecule has 0 N–H and O–H groups in total. The van der Waals surface area contributed by atoms with Crippen molar-refractivity contribution in [3.05, 3.63) is 68.1 Å². The van der Waals surface area contributed by atoms with Crippen molar-refractivity contribution in [1.29, 1.82) is 0 Å². The van der Waals surface area contributed by atoms with Gasteiger partial charge >= 0.3 is 5.69 Å². The molecule has 3 heterocycles. The molecule has 0 amide bonds. The van der Waals surface area contributed by atoms with Crippen LogP contribution in [0.2, 0.25) is 0 Å². The van der Waals surface area contributed by atoms with E-state index in [4.69, 9.17) is 0 Å². The molecule has 0 radical (unpaired) electrons. The first-order chi connectivity index (χ1) is 13.9. The van der Waals surface area contributed by atoms with E-state index in [-0.39, 0.29) is 12.3 Å². The number of benzene rings is 1. The Bertz CT molecular complexity index is 1370. The van der Waals surface area contributed by atoms with Crippen LogP contribution in [0.4, 0.5) is 0 Å². The van der Waals surface area contributed by atoms with Gasteiger partial charge in [-0.15, -0.1) is 0 Å². The van der Waals surface area contributed by atoms with E-state index < -0.39 is 11.2 Å². The first-order valence-corrected chi connectivity index (χ1v) is 9.62. The van der Waals surface area contributed by atoms with E-state index in [1.165, 1.54) is 4.57 Å². The van der Waals surface area contributed by atoms with Crippen LogP contribution >= 0.6 is 0 Å². The van der Waals surface area contributed by atoms with Crippen LogP contribution in [0.25, 0.3) is 16.9 Å². The number of fused-ring (bicyclic) bond motifs is 3. The van der Waals surface area contributed by atoms with E-state index >= 15 is 0 Å². The van der Waals surface area contributed by atoms with Crippen molar-refractivity contribution in [2.45, 2.75) is 40.3 Å². The molecule has 0 aliphatic heterocycles. The summed E-state index contributed by atoms with van der Waals surface area (Å²) in [7, 11) is 1.58. The van der Waals surface area contributed by atoms with Gasteiger partial charge in [-0.05, 0) is 20.3 Å². The van der Waals surface area contributed by atoms with Crippen molar-refractivity contribution in [1.82, 2.24) is 23.1 Å². The fourth-order valence-electron chi connectivity index (χ4n) is 3.80. The van der Waals surface area contributed by atoms with E-state index in [1.54, 1.807) is 35.7 Å². The Labute approximate surface area is 166 Å². The number of Topliss-reactive ketones (excluding diaryl/α,β-unsaturated/α-hetero) is 1. The molecule has 1 aromatic carbocycles. The molecule has 0 saturated heterocycles. The fourth-order valence-corrected chi connectivity index (χ4v) is 3.80. The van der Waals surface area contributed by atoms with Gasteiger partial charge in [0.15, 0.2) is 16.9 Å². The van der Waals surface area contributed by atoms with Crippen LogP contribution in [0.3, 0.4) is 0 Å². The molecular formula is C21H23N5O3. The second-order valence-corrected chi connectivity index (χ2v) is 7.26. The summed E-state index contributed by atoms with van der Waals surface area (Å²) >= 11 is 0. The Morgan fingerprint density at radius 3 is 2.38 bits per heavy atom. The lowest BCUT2D eigenvalue weighted by Crippen LogP contribution is -2.41. The summed E-state index contributed by atoms with van der Waals surface area (Å²) in [6.45, 7) is 6.45. The minimum atomic E-state index is -0.552. The minimum Gasteiger partial charge on any atom is -0.314 e. The number of nitrogens with zero attached hydrogens (tertiary/aromatic N) is 5. The normalized spacial score (nSPS) is 11.6. The van der Waals surface area contributed by atoms with E-state index in [1.807, 2.05) is 19.9 Å². The average Bonchev–Trinajstić information content (AvgIpc) is 3.22. The van der Waals surface area contributed by atoms with Crippen LogP contribution in [0.1, 0.15) is 35.1 Å². The van der Waals surface area contributed by atoms with Gasteiger partial charge < -0.3 is 4.57 Å². The van der Waals surface area contributed by atoms with Crippen molar-refractivity contribution >= 4 is 22.7 Å². The van der Waals surface area contributed by atoms with E-state index in [0.29, 0.717) is 22.5 Å². The van der Waals surface area contributed by atoms with Crippen LogP contribution in [-0.4, -0.2) is 28.9 Å². The molecule has 8 heteroatoms. The zero-order chi connectivity index (χ0) is 20.9. The van der Waals surface area contributed by atoms with E-state index in [9.17, 15) is 14.4 Å². The number of carbonyl (C=O) groups is 1. The SMILES string of the molecule is CCCn1c(C)c(C)n2c3c(=O)n(CC(=O)c4ccccc4)c(=O)n(C)c3nc12. The number of rotatable bonds is 5. The maximum absolute atomic E-state index is 13.3. The molecule has 4 aromatic rings. The van der Waals surface area contributed by atoms with E-state index in [0.717, 1.165) is 28.9 Å². The van der Waals surface area contributed by atoms with Crippen LogP contribution in [0, 0.1) is 13.8 Å².